The zero-order chi connectivity index (χ0) is 27.6. The van der Waals surface area contributed by atoms with E-state index in [1.54, 1.807) is 66.9 Å². The van der Waals surface area contributed by atoms with Crippen LogP contribution in [-0.2, 0) is 22.5 Å². The molecule has 4 aromatic rings. The number of carbonyl (C=O) groups is 2. The number of para-hydroxylation sites is 1. The van der Waals surface area contributed by atoms with Gasteiger partial charge in [-0.05, 0) is 53.1 Å². The standard InChI is InChI=1S/C29H27N5O4S/c30-29(32-18-20-8-2-1-3-9-20)33-23-12-6-10-21(16-23)28(37)34-24-13-4-5-14-25(24)39(38)26(17-27(35)36)22-11-7-15-31-19-22/h1-16,19,26H,17-18H2,(H,34,37)(H,35,36)(H3,30,32,33). The number of pyridine rings is 1. The number of nitrogens with one attached hydrogen (secondary N) is 4. The topological polar surface area (TPSA) is 150 Å². The van der Waals surface area contributed by atoms with Gasteiger partial charge >= 0.3 is 5.97 Å². The van der Waals surface area contributed by atoms with Gasteiger partial charge in [-0.25, -0.2) is 0 Å². The molecule has 9 nitrogen and oxygen atoms in total. The van der Waals surface area contributed by atoms with Crippen molar-refractivity contribution >= 4 is 40.4 Å². The van der Waals surface area contributed by atoms with Gasteiger partial charge in [0, 0.05) is 35.8 Å². The maximum atomic E-state index is 13.6. The van der Waals surface area contributed by atoms with E-state index in [2.05, 4.69) is 20.9 Å². The lowest BCUT2D eigenvalue weighted by atomic mass is 10.1. The van der Waals surface area contributed by atoms with Crippen molar-refractivity contribution in [1.29, 1.82) is 5.41 Å². The summed E-state index contributed by atoms with van der Waals surface area (Å²) in [5.74, 6) is -1.45. The molecule has 5 N–H and O–H groups in total. The van der Waals surface area contributed by atoms with Crippen molar-refractivity contribution in [3.8, 4) is 0 Å². The molecule has 0 spiro atoms. The Morgan fingerprint density at radius 3 is 2.46 bits per heavy atom. The number of aromatic nitrogens is 1. The summed E-state index contributed by atoms with van der Waals surface area (Å²) < 4.78 is 13.6. The Labute approximate surface area is 229 Å². The summed E-state index contributed by atoms with van der Waals surface area (Å²) in [6, 6.07) is 26.3. The van der Waals surface area contributed by atoms with Crippen LogP contribution in [0.2, 0.25) is 0 Å². The van der Waals surface area contributed by atoms with E-state index in [0.29, 0.717) is 33.9 Å². The van der Waals surface area contributed by atoms with Crippen LogP contribution in [0, 0.1) is 5.41 Å². The lowest BCUT2D eigenvalue weighted by Gasteiger charge is -2.22. The van der Waals surface area contributed by atoms with Gasteiger partial charge < -0.3 is 25.6 Å². The fourth-order valence-electron chi connectivity index (χ4n) is 3.85. The summed E-state index contributed by atoms with van der Waals surface area (Å²) >= 11 is -1.79. The number of carbonyl (C=O) groups excluding carboxylic acids is 1. The second-order valence-electron chi connectivity index (χ2n) is 8.54. The second kappa shape index (κ2) is 13.2. The van der Waals surface area contributed by atoms with E-state index in [-0.39, 0.29) is 12.4 Å². The Kier molecular flexibility index (Phi) is 9.28. The van der Waals surface area contributed by atoms with Crippen LogP contribution in [-0.4, -0.2) is 32.5 Å². The molecule has 0 saturated heterocycles. The number of hydrogen-bond acceptors (Lipinski definition) is 5. The molecule has 39 heavy (non-hydrogen) atoms. The fourth-order valence-corrected chi connectivity index (χ4v) is 5.38. The van der Waals surface area contributed by atoms with Crippen LogP contribution in [0.25, 0.3) is 0 Å². The minimum Gasteiger partial charge on any atom is -0.611 e. The number of guanidine groups is 1. The summed E-state index contributed by atoms with van der Waals surface area (Å²) in [7, 11) is 0. The van der Waals surface area contributed by atoms with E-state index in [9.17, 15) is 19.2 Å². The predicted octanol–water partition coefficient (Wildman–Crippen LogP) is 4.79. The number of amides is 1. The molecule has 2 unspecified atom stereocenters. The zero-order valence-corrected chi connectivity index (χ0v) is 21.7. The first-order valence-corrected chi connectivity index (χ1v) is 13.3. The van der Waals surface area contributed by atoms with Crippen molar-refractivity contribution in [2.24, 2.45) is 0 Å². The highest BCUT2D eigenvalue weighted by Crippen LogP contribution is 2.35. The monoisotopic (exact) mass is 541 g/mol. The number of rotatable bonds is 10. The molecule has 0 saturated carbocycles. The molecule has 1 amide bonds. The molecule has 198 valence electrons. The summed E-state index contributed by atoms with van der Waals surface area (Å²) in [6.45, 7) is 0.475. The lowest BCUT2D eigenvalue weighted by molar-refractivity contribution is -0.137. The number of benzene rings is 3. The predicted molar refractivity (Wildman–Crippen MR) is 151 cm³/mol. The summed E-state index contributed by atoms with van der Waals surface area (Å²) in [5.41, 5.74) is 2.74. The van der Waals surface area contributed by atoms with Gasteiger partial charge in [-0.15, -0.1) is 0 Å². The highest BCUT2D eigenvalue weighted by Gasteiger charge is 2.31. The SMILES string of the molecule is N=C(NCc1ccccc1)Nc1cccc(C(=O)Nc2ccccc2[S+]([O-])C(CC(=O)O)c2cccnc2)c1. The Morgan fingerprint density at radius 2 is 1.72 bits per heavy atom. The maximum absolute atomic E-state index is 13.6. The number of hydrogen-bond donors (Lipinski definition) is 5. The summed E-state index contributed by atoms with van der Waals surface area (Å²) in [6.07, 6.45) is 2.69. The van der Waals surface area contributed by atoms with Crippen LogP contribution in [0.15, 0.2) is 108 Å². The van der Waals surface area contributed by atoms with Crippen LogP contribution < -0.4 is 16.0 Å². The van der Waals surface area contributed by atoms with Crippen LogP contribution in [0.3, 0.4) is 0 Å². The largest absolute Gasteiger partial charge is 0.611 e. The van der Waals surface area contributed by atoms with Crippen molar-refractivity contribution in [1.82, 2.24) is 10.3 Å². The van der Waals surface area contributed by atoms with Gasteiger partial charge in [0.25, 0.3) is 5.91 Å². The normalized spacial score (nSPS) is 12.1. The van der Waals surface area contributed by atoms with E-state index < -0.39 is 28.3 Å². The maximum Gasteiger partial charge on any atom is 0.308 e. The highest BCUT2D eigenvalue weighted by molar-refractivity contribution is 7.91. The first-order chi connectivity index (χ1) is 18.9. The third-order valence-corrected chi connectivity index (χ3v) is 7.48. The number of carboxylic acids is 1. The quantitative estimate of drug-likeness (QED) is 0.110. The Balaban J connectivity index is 1.47. The minimum atomic E-state index is -1.79. The van der Waals surface area contributed by atoms with Crippen molar-refractivity contribution in [2.45, 2.75) is 23.1 Å². The first kappa shape index (κ1) is 27.4. The zero-order valence-electron chi connectivity index (χ0n) is 20.8. The van der Waals surface area contributed by atoms with Crippen LogP contribution in [0.5, 0.6) is 0 Å². The molecule has 0 aliphatic carbocycles. The van der Waals surface area contributed by atoms with Crippen molar-refractivity contribution < 1.29 is 19.2 Å². The molecule has 0 aliphatic rings. The van der Waals surface area contributed by atoms with E-state index in [1.807, 2.05) is 30.3 Å². The van der Waals surface area contributed by atoms with E-state index in [4.69, 9.17) is 5.41 Å². The number of anilines is 2. The van der Waals surface area contributed by atoms with Gasteiger partial charge in [0.2, 0.25) is 0 Å². The molecule has 0 bridgehead atoms. The second-order valence-corrected chi connectivity index (χ2v) is 10.1. The molecule has 2 atom stereocenters. The molecule has 0 fully saturated rings. The van der Waals surface area contributed by atoms with Crippen LogP contribution in [0.1, 0.15) is 33.2 Å². The molecule has 1 aromatic heterocycles. The molecule has 10 heteroatoms. The number of aliphatic carboxylic acids is 1. The Morgan fingerprint density at radius 1 is 0.949 bits per heavy atom. The molecule has 0 radical (unpaired) electrons. The average Bonchev–Trinajstić information content (AvgIpc) is 2.96. The van der Waals surface area contributed by atoms with Gasteiger partial charge in [-0.2, -0.15) is 0 Å². The third-order valence-electron chi connectivity index (χ3n) is 5.73. The van der Waals surface area contributed by atoms with Crippen LogP contribution in [0.4, 0.5) is 11.4 Å². The summed E-state index contributed by atoms with van der Waals surface area (Å²) in [4.78, 5) is 29.0. The van der Waals surface area contributed by atoms with E-state index >= 15 is 0 Å². The smallest absolute Gasteiger partial charge is 0.308 e. The van der Waals surface area contributed by atoms with Crippen molar-refractivity contribution in [3.63, 3.8) is 0 Å². The van der Waals surface area contributed by atoms with E-state index in [0.717, 1.165) is 5.56 Å². The van der Waals surface area contributed by atoms with Gasteiger partial charge in [0.05, 0.1) is 12.1 Å². The first-order valence-electron chi connectivity index (χ1n) is 12.1. The number of nitrogens with zero attached hydrogens (tertiary/aromatic N) is 1. The molecule has 1 heterocycles. The highest BCUT2D eigenvalue weighted by atomic mass is 32.2. The molecular formula is C29H27N5O4S. The average molecular weight is 542 g/mol. The molecule has 0 aliphatic heterocycles. The third kappa shape index (κ3) is 7.67. The van der Waals surface area contributed by atoms with Gasteiger partial charge in [-0.3, -0.25) is 20.0 Å². The molecule has 3 aromatic carbocycles. The molecule has 4 rings (SSSR count). The van der Waals surface area contributed by atoms with Crippen molar-refractivity contribution in [2.75, 3.05) is 10.6 Å². The van der Waals surface area contributed by atoms with Gasteiger partial charge in [0.15, 0.2) is 16.1 Å². The number of carboxylic acid groups (broad SMARTS) is 1. The minimum absolute atomic E-state index is 0.0806. The fraction of sp³-hybridized carbons (Fsp3) is 0.103. The van der Waals surface area contributed by atoms with Gasteiger partial charge in [0.1, 0.15) is 0 Å². The Hall–Kier alpha value is -4.67. The lowest BCUT2D eigenvalue weighted by Crippen LogP contribution is -2.29. The van der Waals surface area contributed by atoms with Gasteiger partial charge in [-0.1, -0.05) is 54.6 Å². The Bertz CT molecular complexity index is 1440. The molecular weight excluding hydrogens is 514 g/mol. The van der Waals surface area contributed by atoms with Crippen molar-refractivity contribution in [3.05, 3.63) is 120 Å². The van der Waals surface area contributed by atoms with E-state index in [1.165, 1.54) is 6.20 Å². The van der Waals surface area contributed by atoms with Crippen LogP contribution >= 0.6 is 0 Å². The summed E-state index contributed by atoms with van der Waals surface area (Å²) in [5, 5.41) is 25.5.